The van der Waals surface area contributed by atoms with Gasteiger partial charge in [0, 0.05) is 5.70 Å². The molecule has 0 fully saturated rings. The van der Waals surface area contributed by atoms with Gasteiger partial charge in [-0.3, -0.25) is 5.32 Å². The number of allylic oxidation sites excluding steroid dienone is 1. The van der Waals surface area contributed by atoms with E-state index in [1.165, 1.54) is 22.2 Å². The molecule has 1 aliphatic heterocycles. The summed E-state index contributed by atoms with van der Waals surface area (Å²) in [7, 11) is 0. The van der Waals surface area contributed by atoms with Gasteiger partial charge in [-0.15, -0.1) is 0 Å². The molecule has 0 spiro atoms. The summed E-state index contributed by atoms with van der Waals surface area (Å²) in [5, 5.41) is 3.24. The number of hydrogen-bond donors (Lipinski definition) is 3. The number of rotatable bonds is 1. The Bertz CT molecular complexity index is 160. The van der Waals surface area contributed by atoms with E-state index >= 15 is 0 Å². The van der Waals surface area contributed by atoms with Gasteiger partial charge in [-0.25, -0.2) is 0 Å². The molecule has 3 heteroatoms. The molecule has 2 nitrogen and oxygen atoms in total. The van der Waals surface area contributed by atoms with E-state index in [-0.39, 0.29) is 0 Å². The van der Waals surface area contributed by atoms with Crippen molar-refractivity contribution in [2.24, 2.45) is 0 Å². The van der Waals surface area contributed by atoms with Crippen LogP contribution in [0.1, 0.15) is 13.8 Å². The molecule has 0 atom stereocenters. The first-order valence-corrected chi connectivity index (χ1v) is 3.98. The molecule has 1 heterocycles. The van der Waals surface area contributed by atoms with Gasteiger partial charge in [0.15, 0.2) is 0 Å². The predicted octanol–water partition coefficient (Wildman–Crippen LogP) is 0.613. The number of thiol groups is 1. The Morgan fingerprint density at radius 1 is 1.78 bits per heavy atom. The van der Waals surface area contributed by atoms with Crippen LogP contribution in [0.3, 0.4) is 0 Å². The monoisotopic (exact) mass is 144 g/mol. The SMILES string of the molecule is CCNC1=[SH]NC(C)=C1. The summed E-state index contributed by atoms with van der Waals surface area (Å²) in [6.45, 7) is 5.18. The van der Waals surface area contributed by atoms with E-state index in [2.05, 4.69) is 30.0 Å². The lowest BCUT2D eigenvalue weighted by Gasteiger charge is -1.94. The van der Waals surface area contributed by atoms with Gasteiger partial charge >= 0.3 is 0 Å². The zero-order valence-corrected chi connectivity index (χ0v) is 6.63. The summed E-state index contributed by atoms with van der Waals surface area (Å²) in [5.74, 6) is 0. The standard InChI is InChI=1S/C6H12N2S/c1-3-7-6-4-5(2)8-9-6/h4,7-9H,3H2,1-2H3. The first kappa shape index (κ1) is 6.83. The minimum Gasteiger partial charge on any atom is -0.340 e. The van der Waals surface area contributed by atoms with Crippen LogP contribution in [0.2, 0.25) is 0 Å². The molecule has 0 aromatic carbocycles. The van der Waals surface area contributed by atoms with Crippen LogP contribution in [0.25, 0.3) is 0 Å². The maximum Gasteiger partial charge on any atom is 0.0563 e. The zero-order chi connectivity index (χ0) is 6.69. The Labute approximate surface area is 59.4 Å². The molecule has 52 valence electrons. The molecule has 1 rings (SSSR count). The smallest absolute Gasteiger partial charge is 0.0563 e. The van der Waals surface area contributed by atoms with Crippen molar-refractivity contribution < 1.29 is 0 Å². The van der Waals surface area contributed by atoms with Crippen molar-refractivity contribution in [3.63, 3.8) is 0 Å². The van der Waals surface area contributed by atoms with E-state index in [9.17, 15) is 0 Å². The maximum absolute atomic E-state index is 3.24. The lowest BCUT2D eigenvalue weighted by Crippen LogP contribution is -2.17. The second kappa shape index (κ2) is 3.03. The highest BCUT2D eigenvalue weighted by Gasteiger charge is 1.97. The molecule has 0 saturated carbocycles. The van der Waals surface area contributed by atoms with Crippen molar-refractivity contribution in [3.8, 4) is 0 Å². The van der Waals surface area contributed by atoms with Crippen molar-refractivity contribution in [1.82, 2.24) is 10.0 Å². The zero-order valence-electron chi connectivity index (χ0n) is 5.73. The number of hydrogen-bond acceptors (Lipinski definition) is 2. The van der Waals surface area contributed by atoms with Gasteiger partial charge in [0.2, 0.25) is 0 Å². The van der Waals surface area contributed by atoms with E-state index in [1.807, 2.05) is 0 Å². The van der Waals surface area contributed by atoms with Crippen molar-refractivity contribution in [1.29, 1.82) is 0 Å². The van der Waals surface area contributed by atoms with Crippen molar-refractivity contribution >= 4 is 16.5 Å². The molecule has 0 aromatic rings. The molecule has 0 amide bonds. The highest BCUT2D eigenvalue weighted by molar-refractivity contribution is 7.97. The third-order valence-corrected chi connectivity index (χ3v) is 2.06. The van der Waals surface area contributed by atoms with Crippen LogP contribution < -0.4 is 10.0 Å². The van der Waals surface area contributed by atoms with Gasteiger partial charge in [0.05, 0.1) is 4.99 Å². The normalized spacial score (nSPS) is 17.6. The molecule has 0 aromatic heterocycles. The lowest BCUT2D eigenvalue weighted by molar-refractivity contribution is 0.986. The van der Waals surface area contributed by atoms with Gasteiger partial charge in [0.1, 0.15) is 0 Å². The van der Waals surface area contributed by atoms with Crippen LogP contribution in [-0.2, 0) is 0 Å². The fourth-order valence-corrected chi connectivity index (χ4v) is 1.55. The van der Waals surface area contributed by atoms with E-state index in [1.54, 1.807) is 0 Å². The summed E-state index contributed by atoms with van der Waals surface area (Å²) >= 11 is 1.19. The largest absolute Gasteiger partial charge is 0.340 e. The van der Waals surface area contributed by atoms with Crippen LogP contribution in [-0.4, -0.2) is 11.5 Å². The Morgan fingerprint density at radius 2 is 2.56 bits per heavy atom. The van der Waals surface area contributed by atoms with E-state index in [4.69, 9.17) is 0 Å². The Hall–Kier alpha value is -0.280. The third-order valence-electron chi connectivity index (χ3n) is 1.06. The summed E-state index contributed by atoms with van der Waals surface area (Å²) in [5.41, 5.74) is 1.24. The van der Waals surface area contributed by atoms with Crippen LogP contribution in [0, 0.1) is 0 Å². The van der Waals surface area contributed by atoms with Gasteiger partial charge in [0.25, 0.3) is 0 Å². The first-order chi connectivity index (χ1) is 4.33. The van der Waals surface area contributed by atoms with E-state index in [0.717, 1.165) is 6.54 Å². The molecule has 9 heavy (non-hydrogen) atoms. The topological polar surface area (TPSA) is 24.1 Å². The molecule has 0 saturated heterocycles. The molecule has 0 aliphatic carbocycles. The van der Waals surface area contributed by atoms with Gasteiger partial charge in [-0.1, -0.05) is 18.5 Å². The molecule has 0 unspecified atom stereocenters. The molecular formula is C6H12N2S. The molecule has 0 bridgehead atoms. The van der Waals surface area contributed by atoms with E-state index < -0.39 is 0 Å². The number of likely N-dealkylation sites (N-methyl/N-ethyl adjacent to an activating group) is 1. The minimum absolute atomic E-state index is 1.01. The highest BCUT2D eigenvalue weighted by Crippen LogP contribution is 2.01. The maximum atomic E-state index is 3.24. The molecule has 1 aliphatic rings. The quantitative estimate of drug-likeness (QED) is 0.371. The van der Waals surface area contributed by atoms with Crippen molar-refractivity contribution in [3.05, 3.63) is 11.8 Å². The average Bonchev–Trinajstić information content (AvgIpc) is 2.17. The minimum atomic E-state index is 1.01. The Morgan fingerprint density at radius 3 is 3.00 bits per heavy atom. The van der Waals surface area contributed by atoms with Crippen LogP contribution in [0.5, 0.6) is 0 Å². The summed E-state index contributed by atoms with van der Waals surface area (Å²) in [4.78, 5) is 1.27. The van der Waals surface area contributed by atoms with Gasteiger partial charge < -0.3 is 4.72 Å². The Balaban J connectivity index is 2.43. The number of nitrogens with one attached hydrogen (secondary N) is 2. The molecular weight excluding hydrogens is 132 g/mol. The predicted molar refractivity (Wildman–Crippen MR) is 44.6 cm³/mol. The van der Waals surface area contributed by atoms with Crippen molar-refractivity contribution in [2.45, 2.75) is 13.8 Å². The summed E-state index contributed by atoms with van der Waals surface area (Å²) in [6, 6.07) is 0. The summed E-state index contributed by atoms with van der Waals surface area (Å²) in [6.07, 6.45) is 2.13. The highest BCUT2D eigenvalue weighted by atomic mass is 32.1. The molecule has 0 radical (unpaired) electrons. The fraction of sp³-hybridized carbons (Fsp3) is 0.500. The van der Waals surface area contributed by atoms with Crippen molar-refractivity contribution in [2.75, 3.05) is 6.54 Å². The second-order valence-corrected chi connectivity index (χ2v) is 2.90. The average molecular weight is 144 g/mol. The second-order valence-electron chi connectivity index (χ2n) is 1.97. The van der Waals surface area contributed by atoms with Crippen LogP contribution >= 0.6 is 11.5 Å². The van der Waals surface area contributed by atoms with Crippen LogP contribution in [0.4, 0.5) is 0 Å². The van der Waals surface area contributed by atoms with Gasteiger partial charge in [-0.05, 0) is 19.5 Å². The molecule has 2 N–H and O–H groups in total. The fourth-order valence-electron chi connectivity index (χ4n) is 0.690. The van der Waals surface area contributed by atoms with Gasteiger partial charge in [-0.2, -0.15) is 0 Å². The lowest BCUT2D eigenvalue weighted by atomic mass is 10.4. The third kappa shape index (κ3) is 1.84. The van der Waals surface area contributed by atoms with Crippen LogP contribution in [0.15, 0.2) is 11.8 Å². The summed E-state index contributed by atoms with van der Waals surface area (Å²) < 4.78 is 3.19. The first-order valence-electron chi connectivity index (χ1n) is 3.09. The van der Waals surface area contributed by atoms with E-state index in [0.29, 0.717) is 0 Å². The Kier molecular flexibility index (Phi) is 2.30.